The first kappa shape index (κ1) is 12.4. The van der Waals surface area contributed by atoms with Crippen LogP contribution < -0.4 is 0 Å². The molecule has 1 saturated heterocycles. The van der Waals surface area contributed by atoms with Crippen molar-refractivity contribution in [2.24, 2.45) is 11.3 Å². The monoisotopic (exact) mass is 234 g/mol. The number of hydrogen-bond acceptors (Lipinski definition) is 2. The third-order valence-electron chi connectivity index (χ3n) is 4.48. The molecule has 0 aromatic rings. The number of carbonyl (C=O) groups excluding carboxylic acids is 1. The summed E-state index contributed by atoms with van der Waals surface area (Å²) in [5.74, 6) is 0.772. The molecule has 0 bridgehead atoms. The molecule has 3 nitrogen and oxygen atoms in total. The standard InChI is InChI=1S/C14H22N2O/c1-2-12-6-9-16(10-12)13(17)14(11-15)7-4-3-5-8-14/h12H,2-10H2,1H3. The van der Waals surface area contributed by atoms with Gasteiger partial charge >= 0.3 is 0 Å². The van der Waals surface area contributed by atoms with E-state index < -0.39 is 5.41 Å². The van der Waals surface area contributed by atoms with Gasteiger partial charge in [-0.3, -0.25) is 4.79 Å². The molecule has 1 saturated carbocycles. The van der Waals surface area contributed by atoms with Crippen LogP contribution in [0.15, 0.2) is 0 Å². The first-order chi connectivity index (χ1) is 8.22. The van der Waals surface area contributed by atoms with Gasteiger partial charge in [-0.25, -0.2) is 0 Å². The quantitative estimate of drug-likeness (QED) is 0.737. The van der Waals surface area contributed by atoms with Gasteiger partial charge < -0.3 is 4.90 Å². The molecule has 0 aromatic carbocycles. The maximum Gasteiger partial charge on any atom is 0.243 e. The predicted molar refractivity (Wildman–Crippen MR) is 66.1 cm³/mol. The van der Waals surface area contributed by atoms with Crippen LogP contribution >= 0.6 is 0 Å². The Morgan fingerprint density at radius 2 is 2.12 bits per heavy atom. The summed E-state index contributed by atoms with van der Waals surface area (Å²) in [6.45, 7) is 3.92. The topological polar surface area (TPSA) is 44.1 Å². The Balaban J connectivity index is 2.05. The lowest BCUT2D eigenvalue weighted by Gasteiger charge is -2.33. The van der Waals surface area contributed by atoms with Crippen molar-refractivity contribution in [3.05, 3.63) is 0 Å². The molecule has 1 aliphatic heterocycles. The zero-order chi connectivity index (χ0) is 12.3. The summed E-state index contributed by atoms with van der Waals surface area (Å²) in [6.07, 6.45) is 7.04. The van der Waals surface area contributed by atoms with Gasteiger partial charge in [-0.15, -0.1) is 0 Å². The maximum atomic E-state index is 12.5. The molecular weight excluding hydrogens is 212 g/mol. The summed E-state index contributed by atoms with van der Waals surface area (Å²) in [5, 5.41) is 9.40. The highest BCUT2D eigenvalue weighted by Crippen LogP contribution is 2.38. The smallest absolute Gasteiger partial charge is 0.243 e. The second-order valence-corrected chi connectivity index (χ2v) is 5.57. The van der Waals surface area contributed by atoms with Crippen molar-refractivity contribution < 1.29 is 4.79 Å². The molecule has 0 N–H and O–H groups in total. The van der Waals surface area contributed by atoms with Gasteiger partial charge in [0.25, 0.3) is 0 Å². The van der Waals surface area contributed by atoms with Gasteiger partial charge in [0, 0.05) is 13.1 Å². The number of hydrogen-bond donors (Lipinski definition) is 0. The van der Waals surface area contributed by atoms with Gasteiger partial charge in [0.1, 0.15) is 5.41 Å². The molecule has 1 heterocycles. The van der Waals surface area contributed by atoms with Gasteiger partial charge in [0.2, 0.25) is 5.91 Å². The SMILES string of the molecule is CCC1CCN(C(=O)C2(C#N)CCCCC2)C1. The van der Waals surface area contributed by atoms with E-state index in [-0.39, 0.29) is 5.91 Å². The van der Waals surface area contributed by atoms with Crippen LogP contribution in [-0.4, -0.2) is 23.9 Å². The lowest BCUT2D eigenvalue weighted by atomic mass is 9.74. The third-order valence-corrected chi connectivity index (χ3v) is 4.48. The first-order valence-electron chi connectivity index (χ1n) is 6.92. The highest BCUT2D eigenvalue weighted by Gasteiger charge is 2.43. The Bertz CT molecular complexity index is 326. The Morgan fingerprint density at radius 3 is 2.65 bits per heavy atom. The van der Waals surface area contributed by atoms with Crippen LogP contribution in [-0.2, 0) is 4.79 Å². The molecule has 1 amide bonds. The Kier molecular flexibility index (Phi) is 3.71. The second kappa shape index (κ2) is 5.08. The van der Waals surface area contributed by atoms with Crippen LogP contribution in [0.25, 0.3) is 0 Å². The molecule has 94 valence electrons. The minimum atomic E-state index is -0.680. The molecule has 17 heavy (non-hydrogen) atoms. The van der Waals surface area contributed by atoms with E-state index in [4.69, 9.17) is 0 Å². The van der Waals surface area contributed by atoms with Crippen LogP contribution in [0.4, 0.5) is 0 Å². The molecule has 0 aromatic heterocycles. The molecule has 0 radical (unpaired) electrons. The average molecular weight is 234 g/mol. The fraction of sp³-hybridized carbons (Fsp3) is 0.857. The minimum Gasteiger partial charge on any atom is -0.341 e. The summed E-state index contributed by atoms with van der Waals surface area (Å²) in [5.41, 5.74) is -0.680. The molecule has 2 fully saturated rings. The molecule has 1 aliphatic carbocycles. The van der Waals surface area contributed by atoms with E-state index in [1.54, 1.807) is 0 Å². The second-order valence-electron chi connectivity index (χ2n) is 5.57. The summed E-state index contributed by atoms with van der Waals surface area (Å²) >= 11 is 0. The number of nitriles is 1. The Morgan fingerprint density at radius 1 is 1.41 bits per heavy atom. The molecular formula is C14H22N2O. The van der Waals surface area contributed by atoms with Crippen LogP contribution in [0.1, 0.15) is 51.9 Å². The number of rotatable bonds is 2. The first-order valence-corrected chi connectivity index (χ1v) is 6.92. The zero-order valence-corrected chi connectivity index (χ0v) is 10.7. The molecule has 3 heteroatoms. The van der Waals surface area contributed by atoms with Crippen LogP contribution in [0, 0.1) is 22.7 Å². The number of carbonyl (C=O) groups is 1. The fourth-order valence-electron chi connectivity index (χ4n) is 3.18. The van der Waals surface area contributed by atoms with Crippen LogP contribution in [0.3, 0.4) is 0 Å². The van der Waals surface area contributed by atoms with E-state index in [9.17, 15) is 10.1 Å². The molecule has 2 rings (SSSR count). The molecule has 1 unspecified atom stereocenters. The van der Waals surface area contributed by atoms with E-state index >= 15 is 0 Å². The van der Waals surface area contributed by atoms with Crippen molar-refractivity contribution >= 4 is 5.91 Å². The van der Waals surface area contributed by atoms with Gasteiger partial charge in [0.05, 0.1) is 6.07 Å². The number of likely N-dealkylation sites (tertiary alicyclic amines) is 1. The molecule has 1 atom stereocenters. The summed E-state index contributed by atoms with van der Waals surface area (Å²) in [6, 6.07) is 2.34. The van der Waals surface area contributed by atoms with Crippen molar-refractivity contribution in [3.8, 4) is 6.07 Å². The van der Waals surface area contributed by atoms with Gasteiger partial charge in [0.15, 0.2) is 0 Å². The molecule has 0 spiro atoms. The average Bonchev–Trinajstić information content (AvgIpc) is 2.87. The Labute approximate surface area is 104 Å². The zero-order valence-electron chi connectivity index (χ0n) is 10.7. The van der Waals surface area contributed by atoms with Gasteiger partial charge in [-0.2, -0.15) is 5.26 Å². The van der Waals surface area contributed by atoms with E-state index in [0.717, 1.165) is 51.6 Å². The lowest BCUT2D eigenvalue weighted by Crippen LogP contribution is -2.43. The van der Waals surface area contributed by atoms with Gasteiger partial charge in [-0.05, 0) is 25.2 Å². The van der Waals surface area contributed by atoms with E-state index in [2.05, 4.69) is 13.0 Å². The predicted octanol–water partition coefficient (Wildman–Crippen LogP) is 2.72. The van der Waals surface area contributed by atoms with Crippen molar-refractivity contribution in [2.45, 2.75) is 51.9 Å². The normalized spacial score (nSPS) is 27.8. The van der Waals surface area contributed by atoms with Gasteiger partial charge in [-0.1, -0.05) is 32.6 Å². The highest BCUT2D eigenvalue weighted by atomic mass is 16.2. The number of nitrogens with zero attached hydrogens (tertiary/aromatic N) is 2. The lowest BCUT2D eigenvalue weighted by molar-refractivity contribution is -0.139. The number of amides is 1. The van der Waals surface area contributed by atoms with E-state index in [1.165, 1.54) is 6.42 Å². The minimum absolute atomic E-state index is 0.121. The van der Waals surface area contributed by atoms with E-state index in [0.29, 0.717) is 5.92 Å². The third kappa shape index (κ3) is 2.31. The van der Waals surface area contributed by atoms with Crippen molar-refractivity contribution in [1.29, 1.82) is 5.26 Å². The van der Waals surface area contributed by atoms with E-state index in [1.807, 2.05) is 4.90 Å². The fourth-order valence-corrected chi connectivity index (χ4v) is 3.18. The van der Waals surface area contributed by atoms with Crippen LogP contribution in [0.5, 0.6) is 0 Å². The maximum absolute atomic E-state index is 12.5. The van der Waals surface area contributed by atoms with Crippen molar-refractivity contribution in [1.82, 2.24) is 4.90 Å². The largest absolute Gasteiger partial charge is 0.341 e. The molecule has 2 aliphatic rings. The summed E-state index contributed by atoms with van der Waals surface area (Å²) in [7, 11) is 0. The highest BCUT2D eigenvalue weighted by molar-refractivity contribution is 5.85. The Hall–Kier alpha value is -1.04. The van der Waals surface area contributed by atoms with Crippen molar-refractivity contribution in [2.75, 3.05) is 13.1 Å². The summed E-state index contributed by atoms with van der Waals surface area (Å²) in [4.78, 5) is 14.5. The van der Waals surface area contributed by atoms with Crippen molar-refractivity contribution in [3.63, 3.8) is 0 Å². The van der Waals surface area contributed by atoms with Crippen LogP contribution in [0.2, 0.25) is 0 Å². The summed E-state index contributed by atoms with van der Waals surface area (Å²) < 4.78 is 0.